The average molecular weight is 315 g/mol. The lowest BCUT2D eigenvalue weighted by Gasteiger charge is -2.24. The van der Waals surface area contributed by atoms with Crippen molar-refractivity contribution in [3.63, 3.8) is 0 Å². The van der Waals surface area contributed by atoms with E-state index in [4.69, 9.17) is 0 Å². The summed E-state index contributed by atoms with van der Waals surface area (Å²) in [5.41, 5.74) is 3.11. The van der Waals surface area contributed by atoms with Crippen LogP contribution in [0.5, 0.6) is 0 Å². The van der Waals surface area contributed by atoms with Gasteiger partial charge in [-0.25, -0.2) is 4.98 Å². The Hall–Kier alpha value is -1.95. The van der Waals surface area contributed by atoms with Gasteiger partial charge in [-0.2, -0.15) is 5.10 Å². The Morgan fingerprint density at radius 1 is 1.43 bits per heavy atom. The van der Waals surface area contributed by atoms with Crippen LogP contribution in [-0.4, -0.2) is 52.3 Å². The van der Waals surface area contributed by atoms with E-state index in [-0.39, 0.29) is 5.91 Å². The second-order valence-corrected chi connectivity index (χ2v) is 6.80. The van der Waals surface area contributed by atoms with E-state index in [1.807, 2.05) is 27.0 Å². The number of hydrogen-bond donors (Lipinski definition) is 1. The largest absolute Gasteiger partial charge is 0.350 e. The zero-order valence-corrected chi connectivity index (χ0v) is 14.6. The normalized spacial score (nSPS) is 16.1. The van der Waals surface area contributed by atoms with Gasteiger partial charge in [0.1, 0.15) is 0 Å². The first-order valence-corrected chi connectivity index (χ1v) is 8.14. The summed E-state index contributed by atoms with van der Waals surface area (Å²) in [6.45, 7) is 4.51. The molecule has 1 saturated carbocycles. The molecule has 124 valence electrons. The SMILES string of the molecule is Cc1cc(C(=O)NC[C@H](C2CC2)N(C)C)c2c(C)nn(C)c2n1. The molecular weight excluding hydrogens is 290 g/mol. The van der Waals surface area contributed by atoms with Gasteiger partial charge in [0.15, 0.2) is 5.65 Å². The number of hydrogen-bond acceptors (Lipinski definition) is 4. The lowest BCUT2D eigenvalue weighted by Crippen LogP contribution is -2.41. The summed E-state index contributed by atoms with van der Waals surface area (Å²) >= 11 is 0. The number of likely N-dealkylation sites (N-methyl/N-ethyl adjacent to an activating group) is 1. The number of nitrogens with one attached hydrogen (secondary N) is 1. The standard InChI is InChI=1S/C17H25N5O/c1-10-8-13(15-11(2)20-22(5)16(15)19-10)17(23)18-9-14(21(3)4)12-6-7-12/h8,12,14H,6-7,9H2,1-5H3,(H,18,23)/t14-/m1/s1. The Labute approximate surface area is 136 Å². The first-order chi connectivity index (χ1) is 10.9. The predicted octanol–water partition coefficient (Wildman–Crippen LogP) is 1.66. The maximum Gasteiger partial charge on any atom is 0.252 e. The molecule has 0 radical (unpaired) electrons. The molecule has 6 nitrogen and oxygen atoms in total. The number of fused-ring (bicyclic) bond motifs is 1. The highest BCUT2D eigenvalue weighted by Crippen LogP contribution is 2.34. The van der Waals surface area contributed by atoms with Crippen LogP contribution in [0.1, 0.15) is 34.6 Å². The number of nitrogens with zero attached hydrogens (tertiary/aromatic N) is 4. The minimum atomic E-state index is -0.0379. The molecule has 1 N–H and O–H groups in total. The van der Waals surface area contributed by atoms with Gasteiger partial charge in [0.2, 0.25) is 0 Å². The predicted molar refractivity (Wildman–Crippen MR) is 90.5 cm³/mol. The Balaban J connectivity index is 1.86. The van der Waals surface area contributed by atoms with Crippen LogP contribution in [0.25, 0.3) is 11.0 Å². The van der Waals surface area contributed by atoms with Crippen LogP contribution in [0.2, 0.25) is 0 Å². The minimum absolute atomic E-state index is 0.0379. The summed E-state index contributed by atoms with van der Waals surface area (Å²) in [6, 6.07) is 2.26. The quantitative estimate of drug-likeness (QED) is 0.911. The minimum Gasteiger partial charge on any atom is -0.350 e. The van der Waals surface area contributed by atoms with Crippen molar-refractivity contribution in [2.45, 2.75) is 32.7 Å². The lowest BCUT2D eigenvalue weighted by atomic mass is 10.1. The van der Waals surface area contributed by atoms with E-state index in [0.717, 1.165) is 22.4 Å². The summed E-state index contributed by atoms with van der Waals surface area (Å²) in [6.07, 6.45) is 2.53. The number of carbonyl (C=O) groups excluding carboxylic acids is 1. The molecular formula is C17H25N5O. The fourth-order valence-electron chi connectivity index (χ4n) is 3.29. The maximum atomic E-state index is 12.7. The number of rotatable bonds is 5. The molecule has 2 aromatic heterocycles. The zero-order chi connectivity index (χ0) is 16.7. The van der Waals surface area contributed by atoms with E-state index in [1.165, 1.54) is 12.8 Å². The van der Waals surface area contributed by atoms with Crippen molar-refractivity contribution >= 4 is 16.9 Å². The number of pyridine rings is 1. The third-order valence-electron chi connectivity index (χ3n) is 4.64. The Morgan fingerprint density at radius 3 is 2.74 bits per heavy atom. The van der Waals surface area contributed by atoms with Gasteiger partial charge in [-0.05, 0) is 52.8 Å². The Bertz CT molecular complexity index is 743. The van der Waals surface area contributed by atoms with Gasteiger partial charge in [-0.3, -0.25) is 9.48 Å². The molecule has 1 aliphatic carbocycles. The van der Waals surface area contributed by atoms with Crippen molar-refractivity contribution in [1.82, 2.24) is 25.0 Å². The smallest absolute Gasteiger partial charge is 0.252 e. The van der Waals surface area contributed by atoms with Crippen molar-refractivity contribution in [3.8, 4) is 0 Å². The van der Waals surface area contributed by atoms with E-state index in [0.29, 0.717) is 24.1 Å². The number of aromatic nitrogens is 3. The fraction of sp³-hybridized carbons (Fsp3) is 0.588. The molecule has 2 aromatic rings. The van der Waals surface area contributed by atoms with Gasteiger partial charge < -0.3 is 10.2 Å². The zero-order valence-electron chi connectivity index (χ0n) is 14.6. The highest BCUT2D eigenvalue weighted by Gasteiger charge is 2.32. The summed E-state index contributed by atoms with van der Waals surface area (Å²) < 4.78 is 1.74. The lowest BCUT2D eigenvalue weighted by molar-refractivity contribution is 0.0940. The molecule has 1 fully saturated rings. The van der Waals surface area contributed by atoms with Crippen LogP contribution in [0.3, 0.4) is 0 Å². The summed E-state index contributed by atoms with van der Waals surface area (Å²) in [5, 5.41) is 8.36. The molecule has 0 saturated heterocycles. The number of carbonyl (C=O) groups is 1. The van der Waals surface area contributed by atoms with Gasteiger partial charge in [0.05, 0.1) is 16.6 Å². The molecule has 0 bridgehead atoms. The van der Waals surface area contributed by atoms with Crippen molar-refractivity contribution < 1.29 is 4.79 Å². The van der Waals surface area contributed by atoms with Crippen LogP contribution in [0, 0.1) is 19.8 Å². The van der Waals surface area contributed by atoms with Gasteiger partial charge in [0, 0.05) is 25.3 Å². The molecule has 1 amide bonds. The van der Waals surface area contributed by atoms with Crippen LogP contribution in [-0.2, 0) is 7.05 Å². The highest BCUT2D eigenvalue weighted by atomic mass is 16.1. The van der Waals surface area contributed by atoms with Crippen LogP contribution >= 0.6 is 0 Å². The molecule has 0 aromatic carbocycles. The molecule has 1 aliphatic rings. The summed E-state index contributed by atoms with van der Waals surface area (Å²) in [5.74, 6) is 0.675. The summed E-state index contributed by atoms with van der Waals surface area (Å²) in [4.78, 5) is 19.5. The molecule has 23 heavy (non-hydrogen) atoms. The van der Waals surface area contributed by atoms with Gasteiger partial charge in [-0.1, -0.05) is 0 Å². The Kier molecular flexibility index (Phi) is 4.10. The van der Waals surface area contributed by atoms with E-state index >= 15 is 0 Å². The topological polar surface area (TPSA) is 63.1 Å². The van der Waals surface area contributed by atoms with Gasteiger partial charge >= 0.3 is 0 Å². The highest BCUT2D eigenvalue weighted by molar-refractivity contribution is 6.06. The third kappa shape index (κ3) is 3.08. The maximum absolute atomic E-state index is 12.7. The van der Waals surface area contributed by atoms with Gasteiger partial charge in [0.25, 0.3) is 5.91 Å². The van der Waals surface area contributed by atoms with E-state index in [1.54, 1.807) is 4.68 Å². The van der Waals surface area contributed by atoms with Crippen molar-refractivity contribution in [3.05, 3.63) is 23.0 Å². The molecule has 0 aliphatic heterocycles. The monoisotopic (exact) mass is 315 g/mol. The molecule has 6 heteroatoms. The first-order valence-electron chi connectivity index (χ1n) is 8.14. The molecule has 0 spiro atoms. The Morgan fingerprint density at radius 2 is 2.13 bits per heavy atom. The molecule has 2 heterocycles. The van der Waals surface area contributed by atoms with E-state index in [2.05, 4.69) is 34.4 Å². The van der Waals surface area contributed by atoms with Gasteiger partial charge in [-0.15, -0.1) is 0 Å². The van der Waals surface area contributed by atoms with Crippen molar-refractivity contribution in [2.24, 2.45) is 13.0 Å². The summed E-state index contributed by atoms with van der Waals surface area (Å²) in [7, 11) is 6.02. The molecule has 1 atom stereocenters. The third-order valence-corrected chi connectivity index (χ3v) is 4.64. The van der Waals surface area contributed by atoms with Crippen LogP contribution in [0.15, 0.2) is 6.07 Å². The first kappa shape index (κ1) is 15.9. The number of amides is 1. The second kappa shape index (κ2) is 5.92. The number of aryl methyl sites for hydroxylation is 3. The fourth-order valence-corrected chi connectivity index (χ4v) is 3.29. The van der Waals surface area contributed by atoms with E-state index in [9.17, 15) is 4.79 Å². The molecule has 3 rings (SSSR count). The van der Waals surface area contributed by atoms with Crippen molar-refractivity contribution in [1.29, 1.82) is 0 Å². The van der Waals surface area contributed by atoms with Crippen molar-refractivity contribution in [2.75, 3.05) is 20.6 Å². The van der Waals surface area contributed by atoms with Crippen LogP contribution in [0.4, 0.5) is 0 Å². The second-order valence-electron chi connectivity index (χ2n) is 6.80. The van der Waals surface area contributed by atoms with Crippen LogP contribution < -0.4 is 5.32 Å². The average Bonchev–Trinajstić information content (AvgIpc) is 3.26. The van der Waals surface area contributed by atoms with E-state index < -0.39 is 0 Å². The molecule has 0 unspecified atom stereocenters.